The molecule has 27 heavy (non-hydrogen) atoms. The van der Waals surface area contributed by atoms with Crippen LogP contribution in [0.1, 0.15) is 23.2 Å². The van der Waals surface area contributed by atoms with Gasteiger partial charge >= 0.3 is 5.97 Å². The van der Waals surface area contributed by atoms with Crippen molar-refractivity contribution in [3.63, 3.8) is 0 Å². The number of hydrogen-bond donors (Lipinski definition) is 0. The molecule has 136 valence electrons. The van der Waals surface area contributed by atoms with Crippen LogP contribution in [0.4, 0.5) is 5.69 Å². The SMILES string of the molecule is O=C(Oc1ccccc1N1C(=O)[C@H]2CC=CC[C@@H]2C1=O)c1ccc(Br)cc1. The van der Waals surface area contributed by atoms with Crippen LogP contribution in [-0.4, -0.2) is 17.8 Å². The Morgan fingerprint density at radius 1 is 0.926 bits per heavy atom. The molecule has 1 heterocycles. The molecule has 0 spiro atoms. The number of fused-ring (bicyclic) bond motifs is 1. The molecule has 4 rings (SSSR count). The Bertz CT molecular complexity index is 925. The number of allylic oxidation sites excluding steroid dienone is 2. The van der Waals surface area contributed by atoms with Crippen molar-refractivity contribution in [2.24, 2.45) is 11.8 Å². The maximum atomic E-state index is 12.8. The molecule has 0 aromatic heterocycles. The van der Waals surface area contributed by atoms with Crippen LogP contribution >= 0.6 is 15.9 Å². The molecule has 2 amide bonds. The van der Waals surface area contributed by atoms with Crippen molar-refractivity contribution >= 4 is 39.4 Å². The highest BCUT2D eigenvalue weighted by atomic mass is 79.9. The number of carbonyl (C=O) groups is 3. The van der Waals surface area contributed by atoms with E-state index in [0.717, 1.165) is 4.47 Å². The van der Waals surface area contributed by atoms with Gasteiger partial charge in [-0.25, -0.2) is 9.69 Å². The molecule has 0 bridgehead atoms. The first kappa shape index (κ1) is 17.7. The molecule has 2 aromatic rings. The number of imide groups is 1. The van der Waals surface area contributed by atoms with Gasteiger partial charge in [0.25, 0.3) is 0 Å². The standard InChI is InChI=1S/C21H16BrNO4/c22-14-11-9-13(10-12-14)21(26)27-18-8-4-3-7-17(18)23-19(24)15-5-1-2-6-16(15)20(23)25/h1-4,7-12,15-16H,5-6H2/t15-,16-/m0/s1. The minimum absolute atomic E-state index is 0.193. The molecule has 5 nitrogen and oxygen atoms in total. The number of para-hydroxylation sites is 2. The summed E-state index contributed by atoms with van der Waals surface area (Å²) < 4.78 is 6.37. The van der Waals surface area contributed by atoms with Crippen molar-refractivity contribution in [3.8, 4) is 5.75 Å². The van der Waals surface area contributed by atoms with Crippen LogP contribution in [-0.2, 0) is 9.59 Å². The maximum Gasteiger partial charge on any atom is 0.343 e. The first-order valence-electron chi connectivity index (χ1n) is 8.66. The third kappa shape index (κ3) is 3.21. The first-order valence-corrected chi connectivity index (χ1v) is 9.45. The monoisotopic (exact) mass is 425 g/mol. The summed E-state index contributed by atoms with van der Waals surface area (Å²) in [6, 6.07) is 13.4. The van der Waals surface area contributed by atoms with E-state index in [1.807, 2.05) is 12.2 Å². The van der Waals surface area contributed by atoms with Gasteiger partial charge in [0.2, 0.25) is 11.8 Å². The van der Waals surface area contributed by atoms with Gasteiger partial charge in [0, 0.05) is 4.47 Å². The zero-order chi connectivity index (χ0) is 19.0. The zero-order valence-electron chi connectivity index (χ0n) is 14.3. The summed E-state index contributed by atoms with van der Waals surface area (Å²) in [5.74, 6) is -1.50. The topological polar surface area (TPSA) is 63.7 Å². The molecule has 0 N–H and O–H groups in total. The van der Waals surface area contributed by atoms with Crippen LogP contribution in [0.25, 0.3) is 0 Å². The highest BCUT2D eigenvalue weighted by Crippen LogP contribution is 2.40. The summed E-state index contributed by atoms with van der Waals surface area (Å²) in [6.07, 6.45) is 5.00. The van der Waals surface area contributed by atoms with Gasteiger partial charge in [-0.15, -0.1) is 0 Å². The lowest BCUT2D eigenvalue weighted by Crippen LogP contribution is -2.31. The number of hydrogen-bond acceptors (Lipinski definition) is 4. The van der Waals surface area contributed by atoms with Crippen molar-refractivity contribution in [1.82, 2.24) is 0 Å². The molecular weight excluding hydrogens is 410 g/mol. The Kier molecular flexibility index (Phi) is 4.66. The third-order valence-corrected chi connectivity index (χ3v) is 5.42. The summed E-state index contributed by atoms with van der Waals surface area (Å²) in [6.45, 7) is 0. The molecule has 1 fully saturated rings. The minimum Gasteiger partial charge on any atom is -0.421 e. The number of amides is 2. The number of rotatable bonds is 3. The van der Waals surface area contributed by atoms with Crippen LogP contribution in [0.2, 0.25) is 0 Å². The Morgan fingerprint density at radius 3 is 2.15 bits per heavy atom. The van der Waals surface area contributed by atoms with E-state index in [0.29, 0.717) is 24.1 Å². The van der Waals surface area contributed by atoms with Gasteiger partial charge in [0.15, 0.2) is 5.75 Å². The zero-order valence-corrected chi connectivity index (χ0v) is 15.9. The van der Waals surface area contributed by atoms with Crippen molar-refractivity contribution < 1.29 is 19.1 Å². The first-order chi connectivity index (χ1) is 13.1. The van der Waals surface area contributed by atoms with E-state index in [-0.39, 0.29) is 29.4 Å². The van der Waals surface area contributed by atoms with E-state index in [9.17, 15) is 14.4 Å². The summed E-state index contributed by atoms with van der Waals surface area (Å²) in [5.41, 5.74) is 0.692. The molecule has 1 saturated heterocycles. The fourth-order valence-corrected chi connectivity index (χ4v) is 3.78. The van der Waals surface area contributed by atoms with Gasteiger partial charge in [-0.05, 0) is 49.2 Å². The number of benzene rings is 2. The van der Waals surface area contributed by atoms with Crippen LogP contribution in [0.5, 0.6) is 5.75 Å². The van der Waals surface area contributed by atoms with Crippen LogP contribution < -0.4 is 9.64 Å². The lowest BCUT2D eigenvalue weighted by Gasteiger charge is -2.18. The molecule has 0 radical (unpaired) electrons. The minimum atomic E-state index is -0.548. The Balaban J connectivity index is 1.64. The lowest BCUT2D eigenvalue weighted by atomic mass is 9.85. The summed E-state index contributed by atoms with van der Waals surface area (Å²) in [4.78, 5) is 39.3. The van der Waals surface area contributed by atoms with E-state index in [2.05, 4.69) is 15.9 Å². The number of carbonyl (C=O) groups excluding carboxylic acids is 3. The molecule has 0 unspecified atom stereocenters. The van der Waals surface area contributed by atoms with Crippen molar-refractivity contribution in [3.05, 3.63) is 70.7 Å². The second kappa shape index (κ2) is 7.12. The molecule has 2 atom stereocenters. The van der Waals surface area contributed by atoms with Gasteiger partial charge in [-0.1, -0.05) is 40.2 Å². The van der Waals surface area contributed by atoms with Gasteiger partial charge in [-0.2, -0.15) is 0 Å². The fraction of sp³-hybridized carbons (Fsp3) is 0.190. The largest absolute Gasteiger partial charge is 0.421 e. The summed E-state index contributed by atoms with van der Waals surface area (Å²) in [7, 11) is 0. The summed E-state index contributed by atoms with van der Waals surface area (Å²) in [5, 5.41) is 0. The van der Waals surface area contributed by atoms with Crippen LogP contribution in [0.3, 0.4) is 0 Å². The average molecular weight is 426 g/mol. The number of esters is 1. The quantitative estimate of drug-likeness (QED) is 0.321. The number of halogens is 1. The van der Waals surface area contributed by atoms with Gasteiger partial charge in [0.1, 0.15) is 0 Å². The predicted molar refractivity (Wildman–Crippen MR) is 103 cm³/mol. The van der Waals surface area contributed by atoms with Crippen molar-refractivity contribution in [1.29, 1.82) is 0 Å². The van der Waals surface area contributed by atoms with E-state index in [1.165, 1.54) is 4.90 Å². The van der Waals surface area contributed by atoms with Crippen LogP contribution in [0, 0.1) is 11.8 Å². The highest BCUT2D eigenvalue weighted by molar-refractivity contribution is 9.10. The van der Waals surface area contributed by atoms with E-state index < -0.39 is 5.97 Å². The molecule has 2 aromatic carbocycles. The van der Waals surface area contributed by atoms with Gasteiger partial charge in [-0.3, -0.25) is 9.59 Å². The van der Waals surface area contributed by atoms with E-state index in [4.69, 9.17) is 4.74 Å². The molecular formula is C21H16BrNO4. The Morgan fingerprint density at radius 2 is 1.52 bits per heavy atom. The number of ether oxygens (including phenoxy) is 1. The predicted octanol–water partition coefficient (Wildman–Crippen LogP) is 4.12. The maximum absolute atomic E-state index is 12.8. The van der Waals surface area contributed by atoms with Crippen molar-refractivity contribution in [2.75, 3.05) is 4.90 Å². The van der Waals surface area contributed by atoms with Crippen molar-refractivity contribution in [2.45, 2.75) is 12.8 Å². The molecule has 2 aliphatic rings. The summed E-state index contributed by atoms with van der Waals surface area (Å²) >= 11 is 3.32. The molecule has 6 heteroatoms. The van der Waals surface area contributed by atoms with Crippen LogP contribution in [0.15, 0.2) is 65.2 Å². The average Bonchev–Trinajstić information content (AvgIpc) is 2.94. The fourth-order valence-electron chi connectivity index (χ4n) is 3.51. The Labute approximate surface area is 164 Å². The van der Waals surface area contributed by atoms with E-state index in [1.54, 1.807) is 48.5 Å². The smallest absolute Gasteiger partial charge is 0.343 e. The molecule has 0 saturated carbocycles. The van der Waals surface area contributed by atoms with Gasteiger partial charge < -0.3 is 4.74 Å². The van der Waals surface area contributed by atoms with E-state index >= 15 is 0 Å². The number of anilines is 1. The second-order valence-corrected chi connectivity index (χ2v) is 7.45. The Hall–Kier alpha value is -2.73. The van der Waals surface area contributed by atoms with Gasteiger partial charge in [0.05, 0.1) is 23.1 Å². The molecule has 1 aliphatic carbocycles. The molecule has 1 aliphatic heterocycles. The highest BCUT2D eigenvalue weighted by Gasteiger charge is 2.48. The number of nitrogens with zero attached hydrogens (tertiary/aromatic N) is 1. The normalized spacial score (nSPS) is 21.3. The second-order valence-electron chi connectivity index (χ2n) is 6.53. The third-order valence-electron chi connectivity index (χ3n) is 4.90. The lowest BCUT2D eigenvalue weighted by molar-refractivity contribution is -0.122.